The average molecular weight is 456 g/mol. The van der Waals surface area contributed by atoms with Gasteiger partial charge in [-0.15, -0.1) is 0 Å². The molecule has 7 nitrogen and oxygen atoms in total. The largest absolute Gasteiger partial charge is 0.497 e. The van der Waals surface area contributed by atoms with E-state index in [2.05, 4.69) is 10.1 Å². The van der Waals surface area contributed by atoms with Gasteiger partial charge in [0.2, 0.25) is 0 Å². The first-order chi connectivity index (χ1) is 15.6. The van der Waals surface area contributed by atoms with Crippen molar-refractivity contribution in [2.45, 2.75) is 13.1 Å². The number of halogens is 3. The molecule has 0 aliphatic carbocycles. The Morgan fingerprint density at radius 2 is 1.82 bits per heavy atom. The molecule has 2 aromatic heterocycles. The summed E-state index contributed by atoms with van der Waals surface area (Å²) in [5, 5.41) is 3.56. The van der Waals surface area contributed by atoms with E-state index < -0.39 is 23.3 Å². The lowest BCUT2D eigenvalue weighted by Crippen LogP contribution is -2.34. The van der Waals surface area contributed by atoms with Crippen molar-refractivity contribution in [2.24, 2.45) is 0 Å². The van der Waals surface area contributed by atoms with Crippen LogP contribution in [0.2, 0.25) is 0 Å². The van der Waals surface area contributed by atoms with Gasteiger partial charge in [0.15, 0.2) is 5.69 Å². The second-order valence-electron chi connectivity index (χ2n) is 7.34. The van der Waals surface area contributed by atoms with Gasteiger partial charge >= 0.3 is 6.18 Å². The quantitative estimate of drug-likeness (QED) is 0.497. The number of nitrogens with zero attached hydrogens (tertiary/aromatic N) is 3. The van der Waals surface area contributed by atoms with E-state index >= 15 is 0 Å². The summed E-state index contributed by atoms with van der Waals surface area (Å²) < 4.78 is 47.2. The van der Waals surface area contributed by atoms with E-state index in [1.165, 1.54) is 38.1 Å². The number of hydrogen-bond donors (Lipinski definition) is 1. The number of amides is 1. The number of aromatic amines is 1. The molecular formula is C23H19F3N4O3. The average Bonchev–Trinajstić information content (AvgIpc) is 3.19. The molecule has 33 heavy (non-hydrogen) atoms. The fourth-order valence-corrected chi connectivity index (χ4v) is 3.62. The maximum absolute atomic E-state index is 13.8. The highest BCUT2D eigenvalue weighted by molar-refractivity contribution is 6.06. The number of anilines is 1. The zero-order valence-corrected chi connectivity index (χ0v) is 17.9. The molecule has 170 valence electrons. The van der Waals surface area contributed by atoms with E-state index in [9.17, 15) is 22.8 Å². The number of carbonyl (C=O) groups excluding carboxylic acids is 1. The number of rotatable bonds is 4. The predicted octanol–water partition coefficient (Wildman–Crippen LogP) is 4.30. The van der Waals surface area contributed by atoms with Gasteiger partial charge in [-0.25, -0.2) is 0 Å². The Bertz CT molecular complexity index is 1410. The van der Waals surface area contributed by atoms with Gasteiger partial charge in [0.1, 0.15) is 17.0 Å². The number of carbonyl (C=O) groups is 1. The minimum atomic E-state index is -4.81. The van der Waals surface area contributed by atoms with E-state index in [1.807, 2.05) is 0 Å². The third kappa shape index (κ3) is 3.84. The summed E-state index contributed by atoms with van der Waals surface area (Å²) in [5.74, 6) is -0.197. The van der Waals surface area contributed by atoms with Crippen LogP contribution < -0.4 is 15.2 Å². The zero-order chi connectivity index (χ0) is 23.9. The Kier molecular flexibility index (Phi) is 5.44. The molecule has 4 aromatic rings. The van der Waals surface area contributed by atoms with Crippen LogP contribution in [-0.4, -0.2) is 34.7 Å². The minimum Gasteiger partial charge on any atom is -0.497 e. The van der Waals surface area contributed by atoms with Gasteiger partial charge in [-0.1, -0.05) is 36.4 Å². The predicted molar refractivity (Wildman–Crippen MR) is 117 cm³/mol. The monoisotopic (exact) mass is 456 g/mol. The maximum Gasteiger partial charge on any atom is 0.435 e. The fourth-order valence-electron chi connectivity index (χ4n) is 3.62. The molecule has 0 saturated carbocycles. The summed E-state index contributed by atoms with van der Waals surface area (Å²) in [6, 6.07) is 14.4. The first-order valence-corrected chi connectivity index (χ1v) is 9.83. The molecule has 0 spiro atoms. The van der Waals surface area contributed by atoms with Crippen LogP contribution in [0.25, 0.3) is 16.8 Å². The number of aryl methyl sites for hydroxylation is 1. The van der Waals surface area contributed by atoms with E-state index in [-0.39, 0.29) is 28.0 Å². The topological polar surface area (TPSA) is 79.7 Å². The van der Waals surface area contributed by atoms with Gasteiger partial charge in [-0.05, 0) is 24.6 Å². The van der Waals surface area contributed by atoms with Gasteiger partial charge < -0.3 is 14.6 Å². The Hall–Kier alpha value is -4.08. The molecule has 0 radical (unpaired) electrons. The van der Waals surface area contributed by atoms with Crippen molar-refractivity contribution >= 4 is 17.2 Å². The highest BCUT2D eigenvalue weighted by Gasteiger charge is 2.39. The maximum atomic E-state index is 13.8. The number of H-pyrrole nitrogens is 1. The van der Waals surface area contributed by atoms with E-state index in [0.29, 0.717) is 16.0 Å². The number of nitrogens with one attached hydrogen (secondary N) is 1. The number of hydrogen-bond acceptors (Lipinski definition) is 4. The molecule has 2 aromatic carbocycles. The van der Waals surface area contributed by atoms with Crippen LogP contribution in [0.5, 0.6) is 5.75 Å². The van der Waals surface area contributed by atoms with Crippen LogP contribution >= 0.6 is 0 Å². The molecule has 4 rings (SSSR count). The summed E-state index contributed by atoms with van der Waals surface area (Å²) in [4.78, 5) is 30.4. The third-order valence-electron chi connectivity index (χ3n) is 5.26. The molecule has 0 unspecified atom stereocenters. The smallest absolute Gasteiger partial charge is 0.435 e. The third-order valence-corrected chi connectivity index (χ3v) is 5.26. The van der Waals surface area contributed by atoms with Crippen LogP contribution in [-0.2, 0) is 6.18 Å². The molecule has 0 bridgehead atoms. The fraction of sp³-hybridized carbons (Fsp3) is 0.174. The summed E-state index contributed by atoms with van der Waals surface area (Å²) >= 11 is 0. The SMILES string of the molecule is COc1cccc(N(C)C(=O)c2c(C)[nH]c3c(-c4ccccc4)c(C(F)(F)F)nn3c2=O)c1. The van der Waals surface area contributed by atoms with Crippen molar-refractivity contribution in [3.05, 3.63) is 81.9 Å². The molecule has 1 N–H and O–H groups in total. The lowest BCUT2D eigenvalue weighted by Gasteiger charge is -2.18. The van der Waals surface area contributed by atoms with Crippen molar-refractivity contribution in [1.29, 1.82) is 0 Å². The number of alkyl halides is 3. The molecule has 0 atom stereocenters. The summed E-state index contributed by atoms with van der Waals surface area (Å²) in [5.41, 5.74) is -2.08. The highest BCUT2D eigenvalue weighted by Crippen LogP contribution is 2.38. The molecule has 1 amide bonds. The number of ether oxygens (including phenoxy) is 1. The normalized spacial score (nSPS) is 11.6. The van der Waals surface area contributed by atoms with Gasteiger partial charge in [-0.2, -0.15) is 22.8 Å². The van der Waals surface area contributed by atoms with Crippen molar-refractivity contribution < 1.29 is 22.7 Å². The van der Waals surface area contributed by atoms with Gasteiger partial charge in [0.25, 0.3) is 11.5 Å². The summed E-state index contributed by atoms with van der Waals surface area (Å²) in [6.45, 7) is 1.46. The Labute approximate surface area is 186 Å². The Balaban J connectivity index is 1.92. The summed E-state index contributed by atoms with van der Waals surface area (Å²) in [6.07, 6.45) is -4.81. The highest BCUT2D eigenvalue weighted by atomic mass is 19.4. The van der Waals surface area contributed by atoms with E-state index in [4.69, 9.17) is 4.74 Å². The second kappa shape index (κ2) is 8.12. The standard InChI is InChI=1S/C23H19F3N4O3/c1-13-17(21(31)29(2)15-10-7-11-16(12-15)33-3)22(32)30-20(27-13)18(14-8-5-4-6-9-14)19(28-30)23(24,25)26/h4-12,27H,1-3H3. The van der Waals surface area contributed by atoms with Crippen LogP contribution in [0.1, 0.15) is 21.7 Å². The molecule has 0 aliphatic heterocycles. The second-order valence-corrected chi connectivity index (χ2v) is 7.34. The molecule has 0 saturated heterocycles. The van der Waals surface area contributed by atoms with Crippen LogP contribution in [0, 0.1) is 6.92 Å². The van der Waals surface area contributed by atoms with Crippen molar-refractivity contribution in [3.8, 4) is 16.9 Å². The van der Waals surface area contributed by atoms with Gasteiger partial charge in [0.05, 0.1) is 12.7 Å². The Morgan fingerprint density at radius 3 is 2.45 bits per heavy atom. The Morgan fingerprint density at radius 1 is 1.12 bits per heavy atom. The van der Waals surface area contributed by atoms with Crippen molar-refractivity contribution in [1.82, 2.24) is 14.6 Å². The molecule has 0 aliphatic rings. The van der Waals surface area contributed by atoms with Crippen LogP contribution in [0.3, 0.4) is 0 Å². The van der Waals surface area contributed by atoms with Crippen LogP contribution in [0.4, 0.5) is 18.9 Å². The lowest BCUT2D eigenvalue weighted by atomic mass is 10.1. The van der Waals surface area contributed by atoms with Crippen molar-refractivity contribution in [2.75, 3.05) is 19.1 Å². The first-order valence-electron chi connectivity index (χ1n) is 9.83. The number of benzene rings is 2. The zero-order valence-electron chi connectivity index (χ0n) is 17.9. The number of aromatic nitrogens is 3. The summed E-state index contributed by atoms with van der Waals surface area (Å²) in [7, 11) is 2.93. The van der Waals surface area contributed by atoms with Gasteiger partial charge in [0, 0.05) is 24.5 Å². The van der Waals surface area contributed by atoms with Crippen LogP contribution in [0.15, 0.2) is 59.4 Å². The minimum absolute atomic E-state index is 0.123. The number of fused-ring (bicyclic) bond motifs is 1. The lowest BCUT2D eigenvalue weighted by molar-refractivity contribution is -0.140. The molecule has 10 heteroatoms. The molecule has 0 fully saturated rings. The van der Waals surface area contributed by atoms with Crippen molar-refractivity contribution in [3.63, 3.8) is 0 Å². The first kappa shape index (κ1) is 22.1. The van der Waals surface area contributed by atoms with E-state index in [1.54, 1.807) is 42.5 Å². The number of methoxy groups -OCH3 is 1. The van der Waals surface area contributed by atoms with E-state index in [0.717, 1.165) is 0 Å². The molecular weight excluding hydrogens is 437 g/mol. The van der Waals surface area contributed by atoms with Gasteiger partial charge in [-0.3, -0.25) is 9.59 Å². The molecule has 2 heterocycles.